The second-order valence-corrected chi connectivity index (χ2v) is 7.75. The summed E-state index contributed by atoms with van der Waals surface area (Å²) in [5, 5.41) is 4.93. The summed E-state index contributed by atoms with van der Waals surface area (Å²) in [6.45, 7) is 3.25. The Bertz CT molecular complexity index is 467. The van der Waals surface area contributed by atoms with Crippen molar-refractivity contribution in [3.05, 3.63) is 11.9 Å². The molecule has 110 valence electrons. The van der Waals surface area contributed by atoms with Crippen LogP contribution in [0.4, 0.5) is 5.69 Å². The van der Waals surface area contributed by atoms with Crippen molar-refractivity contribution < 1.29 is 0 Å². The van der Waals surface area contributed by atoms with E-state index in [0.717, 1.165) is 30.0 Å². The van der Waals surface area contributed by atoms with E-state index in [1.165, 1.54) is 57.1 Å². The minimum atomic E-state index is 0.344. The van der Waals surface area contributed by atoms with Gasteiger partial charge in [-0.25, -0.2) is 0 Å². The molecule has 4 fully saturated rings. The number of hydrogen-bond donors (Lipinski definition) is 1. The highest BCUT2D eigenvalue weighted by atomic mass is 15.3. The lowest BCUT2D eigenvalue weighted by molar-refractivity contribution is -0.00713. The van der Waals surface area contributed by atoms with Gasteiger partial charge in [-0.05, 0) is 62.7 Å². The van der Waals surface area contributed by atoms with Gasteiger partial charge in [-0.2, -0.15) is 5.10 Å². The first kappa shape index (κ1) is 12.7. The fourth-order valence-corrected chi connectivity index (χ4v) is 5.68. The number of anilines is 1. The van der Waals surface area contributed by atoms with Gasteiger partial charge in [0.15, 0.2) is 0 Å². The van der Waals surface area contributed by atoms with Crippen LogP contribution in [-0.4, -0.2) is 9.78 Å². The first-order chi connectivity index (χ1) is 9.68. The summed E-state index contributed by atoms with van der Waals surface area (Å²) in [5.41, 5.74) is 8.91. The van der Waals surface area contributed by atoms with Gasteiger partial charge in [-0.1, -0.05) is 13.3 Å². The Kier molecular flexibility index (Phi) is 2.87. The molecule has 1 aromatic heterocycles. The highest BCUT2D eigenvalue weighted by Gasteiger charge is 2.53. The average molecular weight is 273 g/mol. The molecule has 4 aliphatic rings. The lowest BCUT2D eigenvalue weighted by atomic mass is 9.48. The topological polar surface area (TPSA) is 43.8 Å². The highest BCUT2D eigenvalue weighted by Crippen LogP contribution is 2.61. The monoisotopic (exact) mass is 273 g/mol. The number of aromatic nitrogens is 2. The number of nitrogen functional groups attached to an aromatic ring is 1. The molecule has 0 radical (unpaired) electrons. The van der Waals surface area contributed by atoms with Crippen LogP contribution in [0.3, 0.4) is 0 Å². The van der Waals surface area contributed by atoms with Gasteiger partial charge in [0, 0.05) is 18.2 Å². The lowest BCUT2D eigenvalue weighted by Gasteiger charge is -2.56. The van der Waals surface area contributed by atoms with Crippen LogP contribution in [0, 0.1) is 17.8 Å². The van der Waals surface area contributed by atoms with Crippen LogP contribution < -0.4 is 5.73 Å². The Morgan fingerprint density at radius 3 is 2.35 bits per heavy atom. The van der Waals surface area contributed by atoms with Crippen molar-refractivity contribution in [3.8, 4) is 0 Å². The van der Waals surface area contributed by atoms with Crippen LogP contribution in [0.5, 0.6) is 0 Å². The van der Waals surface area contributed by atoms with Crippen LogP contribution in [0.2, 0.25) is 0 Å². The molecule has 3 nitrogen and oxygen atoms in total. The van der Waals surface area contributed by atoms with Crippen LogP contribution in [0.15, 0.2) is 6.20 Å². The van der Waals surface area contributed by atoms with Gasteiger partial charge >= 0.3 is 0 Å². The highest BCUT2D eigenvalue weighted by molar-refractivity contribution is 5.46. The summed E-state index contributed by atoms with van der Waals surface area (Å²) >= 11 is 0. The number of rotatable bonds is 4. The number of unbranched alkanes of at least 4 members (excludes halogenated alkanes) is 1. The van der Waals surface area contributed by atoms with Crippen molar-refractivity contribution in [2.24, 2.45) is 17.8 Å². The predicted octanol–water partition coefficient (Wildman–Crippen LogP) is 3.73. The first-order valence-corrected chi connectivity index (χ1v) is 8.52. The fourth-order valence-electron chi connectivity index (χ4n) is 5.68. The maximum atomic E-state index is 6.35. The Labute approximate surface area is 121 Å². The molecule has 0 spiro atoms. The molecule has 0 amide bonds. The van der Waals surface area contributed by atoms with E-state index in [0.29, 0.717) is 5.41 Å². The summed E-state index contributed by atoms with van der Waals surface area (Å²) in [5.74, 6) is 2.88. The number of hydrogen-bond acceptors (Lipinski definition) is 2. The maximum absolute atomic E-state index is 6.35. The molecule has 2 N–H and O–H groups in total. The summed E-state index contributed by atoms with van der Waals surface area (Å²) in [6.07, 6.45) is 13.0. The summed E-state index contributed by atoms with van der Waals surface area (Å²) in [6, 6.07) is 0. The summed E-state index contributed by atoms with van der Waals surface area (Å²) in [4.78, 5) is 0. The molecule has 0 saturated heterocycles. The smallest absolute Gasteiger partial charge is 0.0915 e. The van der Waals surface area contributed by atoms with Crippen LogP contribution in [0.25, 0.3) is 0 Å². The summed E-state index contributed by atoms with van der Waals surface area (Å²) < 4.78 is 2.10. The molecule has 0 aromatic carbocycles. The standard InChI is InChI=1S/C17H27N3/c1-2-3-4-20-11-15(18)16(19-20)17-8-12-5-13(9-17)7-14(6-12)10-17/h11-14H,2-10,18H2,1H3. The molecule has 0 atom stereocenters. The van der Waals surface area contributed by atoms with E-state index in [1.807, 2.05) is 0 Å². The van der Waals surface area contributed by atoms with Crippen LogP contribution in [0.1, 0.15) is 64.0 Å². The first-order valence-electron chi connectivity index (χ1n) is 8.52. The van der Waals surface area contributed by atoms with Crippen LogP contribution >= 0.6 is 0 Å². The van der Waals surface area contributed by atoms with Gasteiger partial charge in [0.05, 0.1) is 11.4 Å². The molecule has 1 heterocycles. The van der Waals surface area contributed by atoms with Crippen molar-refractivity contribution in [2.45, 2.75) is 70.3 Å². The Balaban J connectivity index is 1.65. The Morgan fingerprint density at radius 1 is 1.20 bits per heavy atom. The zero-order chi connectivity index (χ0) is 13.7. The molecular formula is C17H27N3. The van der Waals surface area contributed by atoms with E-state index in [2.05, 4.69) is 17.8 Å². The minimum absolute atomic E-state index is 0.344. The molecule has 20 heavy (non-hydrogen) atoms. The van der Waals surface area contributed by atoms with Crippen molar-refractivity contribution in [1.29, 1.82) is 0 Å². The normalized spacial score (nSPS) is 38.5. The fraction of sp³-hybridized carbons (Fsp3) is 0.824. The zero-order valence-corrected chi connectivity index (χ0v) is 12.6. The second-order valence-electron chi connectivity index (χ2n) is 7.75. The third-order valence-corrected chi connectivity index (χ3v) is 6.07. The van der Waals surface area contributed by atoms with Gasteiger partial charge in [0.2, 0.25) is 0 Å². The minimum Gasteiger partial charge on any atom is -0.396 e. The van der Waals surface area contributed by atoms with Gasteiger partial charge in [-0.3, -0.25) is 4.68 Å². The molecule has 3 heteroatoms. The third kappa shape index (κ3) is 1.89. The second kappa shape index (κ2) is 4.51. The molecule has 5 rings (SSSR count). The molecular weight excluding hydrogens is 246 g/mol. The van der Waals surface area contributed by atoms with E-state index in [-0.39, 0.29) is 0 Å². The van der Waals surface area contributed by atoms with Crippen LogP contribution in [-0.2, 0) is 12.0 Å². The number of nitrogens with zero attached hydrogens (tertiary/aromatic N) is 2. The SMILES string of the molecule is CCCCn1cc(N)c(C23CC4CC(CC(C4)C2)C3)n1. The van der Waals surface area contributed by atoms with Gasteiger partial charge in [0.1, 0.15) is 0 Å². The molecule has 4 aliphatic carbocycles. The lowest BCUT2D eigenvalue weighted by Crippen LogP contribution is -2.49. The quantitative estimate of drug-likeness (QED) is 0.908. The number of nitrogens with two attached hydrogens (primary N) is 1. The third-order valence-electron chi connectivity index (χ3n) is 6.07. The largest absolute Gasteiger partial charge is 0.396 e. The van der Waals surface area contributed by atoms with Crippen molar-refractivity contribution >= 4 is 5.69 Å². The predicted molar refractivity (Wildman–Crippen MR) is 81.4 cm³/mol. The van der Waals surface area contributed by atoms with Gasteiger partial charge < -0.3 is 5.73 Å². The van der Waals surface area contributed by atoms with E-state index in [9.17, 15) is 0 Å². The van der Waals surface area contributed by atoms with Crippen molar-refractivity contribution in [2.75, 3.05) is 5.73 Å². The summed E-state index contributed by atoms with van der Waals surface area (Å²) in [7, 11) is 0. The Hall–Kier alpha value is -0.990. The van der Waals surface area contributed by atoms with Crippen molar-refractivity contribution in [3.63, 3.8) is 0 Å². The van der Waals surface area contributed by atoms with Crippen molar-refractivity contribution in [1.82, 2.24) is 9.78 Å². The molecule has 0 unspecified atom stereocenters. The average Bonchev–Trinajstić information content (AvgIpc) is 2.77. The van der Waals surface area contributed by atoms with E-state index in [1.54, 1.807) is 0 Å². The van der Waals surface area contributed by atoms with E-state index >= 15 is 0 Å². The zero-order valence-electron chi connectivity index (χ0n) is 12.6. The van der Waals surface area contributed by atoms with Gasteiger partial charge in [0.25, 0.3) is 0 Å². The maximum Gasteiger partial charge on any atom is 0.0915 e. The van der Waals surface area contributed by atoms with E-state index in [4.69, 9.17) is 10.8 Å². The number of aryl methyl sites for hydroxylation is 1. The molecule has 0 aliphatic heterocycles. The Morgan fingerprint density at radius 2 is 1.80 bits per heavy atom. The molecule has 1 aromatic rings. The van der Waals surface area contributed by atoms with E-state index < -0.39 is 0 Å². The molecule has 4 bridgehead atoms. The van der Waals surface area contributed by atoms with Gasteiger partial charge in [-0.15, -0.1) is 0 Å². The molecule has 4 saturated carbocycles.